The van der Waals surface area contributed by atoms with Gasteiger partial charge in [-0.25, -0.2) is 27.2 Å². The molecule has 0 radical (unpaired) electrons. The molecule has 6 aromatic carbocycles. The second-order valence-electron chi connectivity index (χ2n) is 36.8. The number of phenolic OH excluding ortho intramolecular Hbond substituents is 1. The Labute approximate surface area is 830 Å². The number of aromatic nitrogens is 6. The Morgan fingerprint density at radius 3 is 1.12 bits per heavy atom. The van der Waals surface area contributed by atoms with Gasteiger partial charge in [0.2, 0.25) is 35.1 Å². The number of morpholine rings is 3. The molecule has 9 fully saturated rings. The van der Waals surface area contributed by atoms with Gasteiger partial charge < -0.3 is 71.3 Å². The maximum Gasteiger partial charge on any atom is 0.420 e. The van der Waals surface area contributed by atoms with E-state index in [-0.39, 0.29) is 106 Å². The van der Waals surface area contributed by atoms with Gasteiger partial charge in [0, 0.05) is 131 Å². The number of hydrogen-bond acceptors (Lipinski definition) is 31. The number of sulfone groups is 1. The highest BCUT2D eigenvalue weighted by atomic mass is 32.2. The van der Waals surface area contributed by atoms with Crippen LogP contribution in [0.5, 0.6) is 28.7 Å². The van der Waals surface area contributed by atoms with Gasteiger partial charge in [-0.1, -0.05) is 51.9 Å². The molecule has 3 aromatic heterocycles. The normalized spacial score (nSPS) is 20.2. The number of hydrogen-bond donors (Lipinski definition) is 1. The van der Waals surface area contributed by atoms with Gasteiger partial charge in [0.15, 0.2) is 9.84 Å². The summed E-state index contributed by atoms with van der Waals surface area (Å²) in [6, 6.07) is 27.4. The van der Waals surface area contributed by atoms with Crippen LogP contribution in [-0.4, -0.2) is 316 Å². The van der Waals surface area contributed by atoms with E-state index in [4.69, 9.17) is 51.5 Å². The van der Waals surface area contributed by atoms with Crippen molar-refractivity contribution in [1.82, 2.24) is 74.5 Å². The zero-order chi connectivity index (χ0) is 103. The molecular formula is C96H109F10N15O20S3. The standard InChI is InChI=1S/C32H36F3N5O8S.C32H36F3N5O6S.C21H23F4N5O4.C11H14O2S/c1-31(2)29(41)39(30(42)40(31)11-10-38-12-15-45-16-13-38)18-27-36-28(37-48-27)22-7-8-24(23(17-22)32(33,34)35)47-25-5-3-4-6-26(25)49(43,44)20-21-9-14-46-19-21;1-31(2)29(41)39(30(42)40(31)11-10-38-12-15-43-16-13-38)18-27-36-28(37-46-27)22-7-8-24(23(17-22)32(33,34)35)45-25-5-3-4-6-26(25)47-20-21-9-14-44-19-21;1-20(2)18(31)29(19(32)30(20)6-5-28-7-9-33-10-8-28)12-16-26-17(27-34-16)13-3-4-15(22)14(11-13)21(23,24)25;12-10-3-1-2-4-11(10)14-8-9-5-6-13-7-9/h3-8,17,21H,9-16,18-20H2,1-2H3;3-8,17,21H,9-16,18-20H2,1-2H3;3-4,11H,5-10,12H2,1-2H3;1-4,9,12H,5-8H2. The average molecular weight is 2080 g/mol. The number of aromatic hydroxyl groups is 1. The summed E-state index contributed by atoms with van der Waals surface area (Å²) < 4.78 is 224. The highest BCUT2D eigenvalue weighted by molar-refractivity contribution is 7.99. The summed E-state index contributed by atoms with van der Waals surface area (Å²) >= 11 is 3.24. The van der Waals surface area contributed by atoms with Gasteiger partial charge in [0.05, 0.1) is 86.8 Å². The number of imide groups is 3. The summed E-state index contributed by atoms with van der Waals surface area (Å²) in [5.41, 5.74) is -7.14. The smallest absolute Gasteiger partial charge is 0.420 e. The number of phenols is 1. The number of ether oxygens (including phenoxy) is 8. The molecule has 0 bridgehead atoms. The third-order valence-corrected chi connectivity index (χ3v) is 30.2. The van der Waals surface area contributed by atoms with Crippen LogP contribution in [0.3, 0.4) is 0 Å². The number of benzene rings is 6. The molecule has 9 amide bonds. The average Bonchev–Trinajstić information content (AvgIpc) is 1.60. The number of para-hydroxylation sites is 3. The van der Waals surface area contributed by atoms with Crippen molar-refractivity contribution in [3.63, 3.8) is 0 Å². The fraction of sp³-hybridized carbons (Fsp3) is 0.500. The zero-order valence-corrected chi connectivity index (χ0v) is 82.1. The monoisotopic (exact) mass is 2080 g/mol. The summed E-state index contributed by atoms with van der Waals surface area (Å²) in [6.07, 6.45) is -11.9. The first-order chi connectivity index (χ1) is 68.6. The lowest BCUT2D eigenvalue weighted by Crippen LogP contribution is -2.48. The van der Waals surface area contributed by atoms with Crippen molar-refractivity contribution in [3.05, 3.63) is 168 Å². The molecule has 9 aliphatic rings. The molecule has 0 spiro atoms. The summed E-state index contributed by atoms with van der Waals surface area (Å²) in [6.45, 7) is 23.6. The lowest BCUT2D eigenvalue weighted by atomic mass is 10.0. The number of halogens is 10. The van der Waals surface area contributed by atoms with Crippen molar-refractivity contribution in [3.8, 4) is 62.9 Å². The lowest BCUT2D eigenvalue weighted by Gasteiger charge is -2.32. The number of alkyl halides is 9. The quantitative estimate of drug-likeness (QED) is 0.0239. The first-order valence-corrected chi connectivity index (χ1v) is 50.3. The molecular weight excluding hydrogens is 1970 g/mol. The zero-order valence-electron chi connectivity index (χ0n) is 79.6. The van der Waals surface area contributed by atoms with E-state index in [1.54, 1.807) is 71.5 Å². The Balaban J connectivity index is 0.000000154. The van der Waals surface area contributed by atoms with E-state index in [0.29, 0.717) is 141 Å². The predicted molar refractivity (Wildman–Crippen MR) is 498 cm³/mol. The Bertz CT molecular complexity index is 6120. The van der Waals surface area contributed by atoms with Crippen molar-refractivity contribution >= 4 is 69.2 Å². The second kappa shape index (κ2) is 46.1. The molecule has 9 aliphatic heterocycles. The topological polar surface area (TPSA) is 377 Å². The Hall–Kier alpha value is -11.5. The summed E-state index contributed by atoms with van der Waals surface area (Å²) in [4.78, 5) is 107. The van der Waals surface area contributed by atoms with E-state index in [0.717, 1.165) is 126 Å². The molecule has 0 aliphatic carbocycles. The minimum absolute atomic E-state index is 0.0371. The largest absolute Gasteiger partial charge is 0.507 e. The number of rotatable bonds is 31. The van der Waals surface area contributed by atoms with Crippen LogP contribution >= 0.6 is 23.5 Å². The Morgan fingerprint density at radius 1 is 0.403 bits per heavy atom. The molecule has 0 saturated carbocycles. The maximum atomic E-state index is 14.3. The first kappa shape index (κ1) is 107. The second-order valence-corrected chi connectivity index (χ2v) is 40.9. The Kier molecular flexibility index (Phi) is 34.2. The molecule has 3 unspecified atom stereocenters. The molecule has 35 nitrogen and oxygen atoms in total. The number of nitrogens with zero attached hydrogens (tertiary/aromatic N) is 15. The fourth-order valence-corrected chi connectivity index (χ4v) is 21.2. The number of carbonyl (C=O) groups excluding carboxylic acids is 6. The van der Waals surface area contributed by atoms with Gasteiger partial charge in [0.25, 0.3) is 17.7 Å². The van der Waals surface area contributed by atoms with Crippen LogP contribution in [0.15, 0.2) is 156 Å². The van der Waals surface area contributed by atoms with Crippen LogP contribution in [-0.2, 0) is 90.8 Å². The van der Waals surface area contributed by atoms with E-state index in [2.05, 4.69) is 45.1 Å². The van der Waals surface area contributed by atoms with Crippen LogP contribution in [0.2, 0.25) is 0 Å². The minimum Gasteiger partial charge on any atom is -0.507 e. The van der Waals surface area contributed by atoms with Gasteiger partial charge in [-0.3, -0.25) is 43.8 Å². The van der Waals surface area contributed by atoms with Crippen LogP contribution < -0.4 is 9.47 Å². The van der Waals surface area contributed by atoms with Crippen LogP contribution in [0.4, 0.5) is 58.3 Å². The predicted octanol–water partition coefficient (Wildman–Crippen LogP) is 15.1. The van der Waals surface area contributed by atoms with E-state index < -0.39 is 109 Å². The first-order valence-electron chi connectivity index (χ1n) is 46.7. The highest BCUT2D eigenvalue weighted by Gasteiger charge is 2.55. The molecule has 1 N–H and O–H groups in total. The van der Waals surface area contributed by atoms with Crippen molar-refractivity contribution < 1.29 is 138 Å². The van der Waals surface area contributed by atoms with Crippen molar-refractivity contribution in [2.75, 3.05) is 175 Å². The molecule has 9 saturated heterocycles. The minimum atomic E-state index is -4.91. The molecule has 12 heterocycles. The van der Waals surface area contributed by atoms with Gasteiger partial charge in [0.1, 0.15) is 75.7 Å². The summed E-state index contributed by atoms with van der Waals surface area (Å²) in [7, 11) is -3.91. The molecule has 18 rings (SSSR count). The molecule has 3 atom stereocenters. The third kappa shape index (κ3) is 26.0. The maximum absolute atomic E-state index is 14.3. The molecule has 776 valence electrons. The van der Waals surface area contributed by atoms with Crippen LogP contribution in [0.25, 0.3) is 34.2 Å². The van der Waals surface area contributed by atoms with Crippen molar-refractivity contribution in [2.45, 2.75) is 130 Å². The fourth-order valence-electron chi connectivity index (χ4n) is 17.3. The van der Waals surface area contributed by atoms with Crippen LogP contribution in [0, 0.1) is 23.6 Å². The van der Waals surface area contributed by atoms with Crippen LogP contribution in [0.1, 0.15) is 95.2 Å². The summed E-state index contributed by atoms with van der Waals surface area (Å²) in [5.74, 6) is -1.85. The van der Waals surface area contributed by atoms with Gasteiger partial charge >= 0.3 is 36.6 Å². The summed E-state index contributed by atoms with van der Waals surface area (Å²) in [5, 5.41) is 20.8. The third-order valence-electron chi connectivity index (χ3n) is 25.7. The number of carbonyl (C=O) groups is 6. The lowest BCUT2D eigenvalue weighted by molar-refractivity contribution is -0.140. The number of urea groups is 3. The molecule has 48 heteroatoms. The number of thioether (sulfide) groups is 2. The molecule has 9 aromatic rings. The van der Waals surface area contributed by atoms with Gasteiger partial charge in [-0.05, 0) is 170 Å². The number of amides is 9. The van der Waals surface area contributed by atoms with E-state index in [1.165, 1.54) is 68.9 Å². The van der Waals surface area contributed by atoms with Gasteiger partial charge in [-0.2, -0.15) is 54.5 Å². The highest BCUT2D eigenvalue weighted by Crippen LogP contribution is 2.47. The molecule has 144 heavy (non-hydrogen) atoms. The SMILES string of the molecule is CC1(C)C(=O)N(Cc2nc(-c3ccc(F)c(C(F)(F)F)c3)no2)C(=O)N1CCN1CCOCC1.CC1(C)C(=O)N(Cc2nc(-c3ccc(Oc4ccccc4S(=O)(=O)CC4CCOC4)c(C(F)(F)F)c3)no2)C(=O)N1CCN1CCOCC1.CC1(C)C(=O)N(Cc2nc(-c3ccc(Oc4ccccc4SCC4CCOC4)c(C(F)(F)F)c3)no2)C(=O)N1CCN1CCOCC1.Oc1ccccc1SCC1CCOC1. The Morgan fingerprint density at radius 2 is 0.743 bits per heavy atom. The van der Waals surface area contributed by atoms with E-state index in [9.17, 15) is 86.2 Å². The van der Waals surface area contributed by atoms with Crippen molar-refractivity contribution in [2.24, 2.45) is 17.8 Å². The van der Waals surface area contributed by atoms with Crippen molar-refractivity contribution in [1.29, 1.82) is 0 Å². The van der Waals surface area contributed by atoms with Gasteiger partial charge in [-0.15, -0.1) is 23.5 Å². The van der Waals surface area contributed by atoms with E-state index >= 15 is 0 Å². The van der Waals surface area contributed by atoms with E-state index in [1.807, 2.05) is 30.3 Å².